The molecular weight excluding hydrogens is 280 g/mol. The summed E-state index contributed by atoms with van der Waals surface area (Å²) in [5.41, 5.74) is 2.28. The summed E-state index contributed by atoms with van der Waals surface area (Å²) in [6, 6.07) is 10.9. The van der Waals surface area contributed by atoms with Crippen molar-refractivity contribution in [3.63, 3.8) is 0 Å². The van der Waals surface area contributed by atoms with Gasteiger partial charge < -0.3 is 15.4 Å². The molecule has 22 heavy (non-hydrogen) atoms. The van der Waals surface area contributed by atoms with Gasteiger partial charge in [0, 0.05) is 19.9 Å². The van der Waals surface area contributed by atoms with Crippen molar-refractivity contribution in [2.75, 3.05) is 25.6 Å². The van der Waals surface area contributed by atoms with Gasteiger partial charge in [0.2, 0.25) is 0 Å². The van der Waals surface area contributed by atoms with Crippen molar-refractivity contribution in [3.05, 3.63) is 53.9 Å². The zero-order valence-corrected chi connectivity index (χ0v) is 12.2. The molecule has 112 valence electrons. The van der Waals surface area contributed by atoms with E-state index in [1.807, 2.05) is 6.07 Å². The minimum Gasteiger partial charge on any atom is -0.383 e. The largest absolute Gasteiger partial charge is 0.383 e. The minimum atomic E-state index is -0.221. The molecule has 2 aromatic rings. The summed E-state index contributed by atoms with van der Waals surface area (Å²) in [6.07, 6.45) is 3.09. The summed E-state index contributed by atoms with van der Waals surface area (Å²) in [5.74, 6) is -0.221. The molecule has 0 aliphatic heterocycles. The number of ether oxygens (including phenoxy) is 1. The van der Waals surface area contributed by atoms with E-state index in [0.717, 1.165) is 0 Å². The summed E-state index contributed by atoms with van der Waals surface area (Å²) in [6.45, 7) is 0.886. The first-order valence-corrected chi connectivity index (χ1v) is 6.73. The Labute approximate surface area is 128 Å². The molecular formula is C16H16N4O2. The van der Waals surface area contributed by atoms with E-state index in [2.05, 4.69) is 21.7 Å². The fourth-order valence-corrected chi connectivity index (χ4v) is 1.85. The van der Waals surface area contributed by atoms with Crippen LogP contribution in [0.15, 0.2) is 42.7 Å². The van der Waals surface area contributed by atoms with Crippen LogP contribution in [-0.2, 0) is 4.74 Å². The lowest BCUT2D eigenvalue weighted by molar-refractivity contribution is 0.0937. The van der Waals surface area contributed by atoms with E-state index in [-0.39, 0.29) is 5.91 Å². The number of carbonyl (C=O) groups excluding carboxylic acids is 1. The number of nitrogens with zero attached hydrogens (tertiary/aromatic N) is 2. The fourth-order valence-electron chi connectivity index (χ4n) is 1.85. The molecule has 0 fully saturated rings. The number of pyridine rings is 1. The monoisotopic (exact) mass is 296 g/mol. The van der Waals surface area contributed by atoms with Gasteiger partial charge in [0.25, 0.3) is 5.91 Å². The number of hydrogen-bond acceptors (Lipinski definition) is 5. The maximum atomic E-state index is 12.0. The molecule has 2 N–H and O–H groups in total. The number of nitriles is 1. The molecule has 1 aromatic carbocycles. The van der Waals surface area contributed by atoms with Gasteiger partial charge in [0.1, 0.15) is 6.07 Å². The van der Waals surface area contributed by atoms with E-state index in [1.54, 1.807) is 37.6 Å². The molecule has 6 heteroatoms. The highest BCUT2D eigenvalue weighted by atomic mass is 16.5. The number of rotatable bonds is 6. The Morgan fingerprint density at radius 3 is 2.95 bits per heavy atom. The molecule has 6 nitrogen and oxygen atoms in total. The lowest BCUT2D eigenvalue weighted by atomic mass is 10.2. The zero-order chi connectivity index (χ0) is 15.8. The number of methoxy groups -OCH3 is 1. The third kappa shape index (κ3) is 4.04. The number of benzene rings is 1. The first-order valence-electron chi connectivity index (χ1n) is 6.73. The van der Waals surface area contributed by atoms with Crippen LogP contribution in [0.3, 0.4) is 0 Å². The first-order chi connectivity index (χ1) is 10.7. The van der Waals surface area contributed by atoms with Crippen molar-refractivity contribution in [2.24, 2.45) is 0 Å². The van der Waals surface area contributed by atoms with Crippen LogP contribution >= 0.6 is 0 Å². The Morgan fingerprint density at radius 1 is 1.36 bits per heavy atom. The molecule has 0 aliphatic rings. The number of hydrogen-bond donors (Lipinski definition) is 2. The quantitative estimate of drug-likeness (QED) is 0.797. The van der Waals surface area contributed by atoms with Gasteiger partial charge in [-0.1, -0.05) is 12.1 Å². The average Bonchev–Trinajstić information content (AvgIpc) is 2.56. The Kier molecular flexibility index (Phi) is 5.46. The number of aromatic nitrogens is 1. The minimum absolute atomic E-state index is 0.221. The second-order valence-corrected chi connectivity index (χ2v) is 4.49. The van der Waals surface area contributed by atoms with Crippen molar-refractivity contribution < 1.29 is 9.53 Å². The highest BCUT2D eigenvalue weighted by Gasteiger charge is 2.07. The SMILES string of the molecule is COCCNC(=O)c1cncc(Nc2ccccc2C#N)c1. The second-order valence-electron chi connectivity index (χ2n) is 4.49. The highest BCUT2D eigenvalue weighted by Crippen LogP contribution is 2.20. The average molecular weight is 296 g/mol. The van der Waals surface area contributed by atoms with Crippen LogP contribution in [0.4, 0.5) is 11.4 Å². The van der Waals surface area contributed by atoms with Gasteiger partial charge in [-0.2, -0.15) is 5.26 Å². The Hall–Kier alpha value is -2.91. The van der Waals surface area contributed by atoms with Crippen molar-refractivity contribution in [1.82, 2.24) is 10.3 Å². The summed E-state index contributed by atoms with van der Waals surface area (Å²) >= 11 is 0. The van der Waals surface area contributed by atoms with E-state index < -0.39 is 0 Å². The van der Waals surface area contributed by atoms with Crippen LogP contribution in [-0.4, -0.2) is 31.2 Å². The van der Waals surface area contributed by atoms with Gasteiger partial charge in [-0.15, -0.1) is 0 Å². The van der Waals surface area contributed by atoms with Crippen LogP contribution < -0.4 is 10.6 Å². The molecule has 0 spiro atoms. The maximum Gasteiger partial charge on any atom is 0.253 e. The smallest absolute Gasteiger partial charge is 0.253 e. The van der Waals surface area contributed by atoms with Crippen molar-refractivity contribution in [2.45, 2.75) is 0 Å². The molecule has 1 amide bonds. The van der Waals surface area contributed by atoms with Gasteiger partial charge in [-0.25, -0.2) is 0 Å². The summed E-state index contributed by atoms with van der Waals surface area (Å²) in [5, 5.41) is 14.9. The molecule has 2 rings (SSSR count). The van der Waals surface area contributed by atoms with E-state index in [1.165, 1.54) is 6.20 Å². The third-order valence-corrected chi connectivity index (χ3v) is 2.92. The van der Waals surface area contributed by atoms with E-state index in [4.69, 9.17) is 10.00 Å². The molecule has 0 bridgehead atoms. The van der Waals surface area contributed by atoms with E-state index in [0.29, 0.717) is 35.7 Å². The molecule has 0 saturated heterocycles. The van der Waals surface area contributed by atoms with Gasteiger partial charge >= 0.3 is 0 Å². The lowest BCUT2D eigenvalue weighted by Gasteiger charge is -2.09. The third-order valence-electron chi connectivity index (χ3n) is 2.92. The Balaban J connectivity index is 2.12. The standard InChI is InChI=1S/C16H16N4O2/c1-22-7-6-19-16(21)13-8-14(11-18-10-13)20-15-5-3-2-4-12(15)9-17/h2-5,8,10-11,20H,6-7H2,1H3,(H,19,21). The van der Waals surface area contributed by atoms with Crippen molar-refractivity contribution in [3.8, 4) is 6.07 Å². The number of para-hydroxylation sites is 1. The normalized spacial score (nSPS) is 9.82. The topological polar surface area (TPSA) is 87.0 Å². The summed E-state index contributed by atoms with van der Waals surface area (Å²) in [7, 11) is 1.57. The Bertz CT molecular complexity index is 695. The van der Waals surface area contributed by atoms with Crippen LogP contribution in [0.1, 0.15) is 15.9 Å². The van der Waals surface area contributed by atoms with Crippen molar-refractivity contribution in [1.29, 1.82) is 5.26 Å². The molecule has 0 unspecified atom stereocenters. The number of anilines is 2. The second kappa shape index (κ2) is 7.76. The predicted octanol–water partition coefficient (Wildman–Crippen LogP) is 2.07. The number of amides is 1. The molecule has 1 aromatic heterocycles. The maximum absolute atomic E-state index is 12.0. The van der Waals surface area contributed by atoms with Gasteiger partial charge in [-0.3, -0.25) is 9.78 Å². The summed E-state index contributed by atoms with van der Waals surface area (Å²) in [4.78, 5) is 16.0. The van der Waals surface area contributed by atoms with Gasteiger partial charge in [0.05, 0.1) is 35.3 Å². The molecule has 1 heterocycles. The predicted molar refractivity (Wildman–Crippen MR) is 82.9 cm³/mol. The van der Waals surface area contributed by atoms with E-state index in [9.17, 15) is 4.79 Å². The van der Waals surface area contributed by atoms with Gasteiger partial charge in [-0.05, 0) is 18.2 Å². The first kappa shape index (κ1) is 15.5. The fraction of sp³-hybridized carbons (Fsp3) is 0.188. The molecule has 0 aliphatic carbocycles. The number of nitrogens with one attached hydrogen (secondary N) is 2. The molecule has 0 saturated carbocycles. The highest BCUT2D eigenvalue weighted by molar-refractivity contribution is 5.94. The van der Waals surface area contributed by atoms with Crippen LogP contribution in [0.5, 0.6) is 0 Å². The summed E-state index contributed by atoms with van der Waals surface area (Å²) < 4.78 is 4.88. The van der Waals surface area contributed by atoms with Gasteiger partial charge in [0.15, 0.2) is 0 Å². The molecule has 0 radical (unpaired) electrons. The lowest BCUT2D eigenvalue weighted by Crippen LogP contribution is -2.27. The number of carbonyl (C=O) groups is 1. The van der Waals surface area contributed by atoms with E-state index >= 15 is 0 Å². The van der Waals surface area contributed by atoms with Crippen molar-refractivity contribution >= 4 is 17.3 Å². The van der Waals surface area contributed by atoms with Crippen LogP contribution in [0.25, 0.3) is 0 Å². The Morgan fingerprint density at radius 2 is 2.18 bits per heavy atom. The molecule has 0 atom stereocenters. The zero-order valence-electron chi connectivity index (χ0n) is 12.2. The van der Waals surface area contributed by atoms with Crippen LogP contribution in [0.2, 0.25) is 0 Å². The van der Waals surface area contributed by atoms with Crippen LogP contribution in [0, 0.1) is 11.3 Å².